The van der Waals surface area contributed by atoms with Crippen LogP contribution in [0.3, 0.4) is 0 Å². The van der Waals surface area contributed by atoms with Crippen LogP contribution in [0, 0.1) is 0 Å². The normalized spacial score (nSPS) is 10.9. The molecule has 3 heteroatoms. The molecule has 0 aliphatic rings. The van der Waals surface area contributed by atoms with E-state index in [1.807, 2.05) is 12.1 Å². The predicted molar refractivity (Wildman–Crippen MR) is 67.6 cm³/mol. The van der Waals surface area contributed by atoms with E-state index in [1.165, 1.54) is 10.8 Å². The quantitative estimate of drug-likeness (QED) is 0.720. The molecular weight excluding hydrogens is 198 g/mol. The summed E-state index contributed by atoms with van der Waals surface area (Å²) in [6, 6.07) is 10.3. The molecule has 0 unspecified atom stereocenters. The molecule has 2 aromatic rings. The summed E-state index contributed by atoms with van der Waals surface area (Å²) in [7, 11) is 0. The highest BCUT2D eigenvalue weighted by Gasteiger charge is 2.09. The Bertz CT molecular complexity index is 506. The fraction of sp³-hybridized carbons (Fsp3) is 0.231. The van der Waals surface area contributed by atoms with Gasteiger partial charge in [0.05, 0.1) is 0 Å². The molecule has 0 heterocycles. The van der Waals surface area contributed by atoms with Gasteiger partial charge in [0.2, 0.25) is 0 Å². The maximum atomic E-state index is 5.82. The van der Waals surface area contributed by atoms with Gasteiger partial charge in [-0.1, -0.05) is 24.3 Å². The van der Waals surface area contributed by atoms with Crippen LogP contribution < -0.4 is 17.2 Å². The Morgan fingerprint density at radius 2 is 1.50 bits per heavy atom. The average molecular weight is 215 g/mol. The Hall–Kier alpha value is -1.42. The first-order chi connectivity index (χ1) is 7.81. The van der Waals surface area contributed by atoms with E-state index in [2.05, 4.69) is 18.2 Å². The van der Waals surface area contributed by atoms with Gasteiger partial charge in [-0.05, 0) is 33.5 Å². The third-order valence-electron chi connectivity index (χ3n) is 3.00. The van der Waals surface area contributed by atoms with Crippen molar-refractivity contribution >= 4 is 10.8 Å². The predicted octanol–water partition coefficient (Wildman–Crippen LogP) is 1.22. The minimum Gasteiger partial charge on any atom is -0.326 e. The number of nitrogens with two attached hydrogens (primary N) is 3. The number of benzene rings is 2. The minimum atomic E-state index is 0.490. The van der Waals surface area contributed by atoms with Gasteiger partial charge in [-0.25, -0.2) is 0 Å². The Labute approximate surface area is 95.2 Å². The van der Waals surface area contributed by atoms with Gasteiger partial charge < -0.3 is 17.2 Å². The van der Waals surface area contributed by atoms with E-state index < -0.39 is 0 Å². The Kier molecular flexibility index (Phi) is 3.19. The van der Waals surface area contributed by atoms with Crippen molar-refractivity contribution in [2.45, 2.75) is 19.6 Å². The lowest BCUT2D eigenvalue weighted by Gasteiger charge is -2.14. The second kappa shape index (κ2) is 4.61. The van der Waals surface area contributed by atoms with Gasteiger partial charge in [-0.15, -0.1) is 0 Å². The van der Waals surface area contributed by atoms with Crippen LogP contribution in [-0.2, 0) is 19.6 Å². The van der Waals surface area contributed by atoms with Crippen LogP contribution in [0.25, 0.3) is 10.8 Å². The minimum absolute atomic E-state index is 0.490. The summed E-state index contributed by atoms with van der Waals surface area (Å²) in [4.78, 5) is 0. The second-order valence-corrected chi connectivity index (χ2v) is 3.83. The van der Waals surface area contributed by atoms with Crippen molar-refractivity contribution in [3.05, 3.63) is 47.0 Å². The summed E-state index contributed by atoms with van der Waals surface area (Å²) in [5, 5.41) is 2.36. The zero-order chi connectivity index (χ0) is 11.5. The van der Waals surface area contributed by atoms with Gasteiger partial charge in [-0.2, -0.15) is 0 Å². The van der Waals surface area contributed by atoms with Gasteiger partial charge in [0.25, 0.3) is 0 Å². The zero-order valence-electron chi connectivity index (χ0n) is 9.24. The van der Waals surface area contributed by atoms with Gasteiger partial charge in [-0.3, -0.25) is 0 Å². The van der Waals surface area contributed by atoms with E-state index >= 15 is 0 Å². The lowest BCUT2D eigenvalue weighted by atomic mass is 9.94. The van der Waals surface area contributed by atoms with Gasteiger partial charge in [0.15, 0.2) is 0 Å². The van der Waals surface area contributed by atoms with Crippen molar-refractivity contribution in [1.29, 1.82) is 0 Å². The van der Waals surface area contributed by atoms with Crippen LogP contribution in [0.1, 0.15) is 16.7 Å². The molecule has 0 aliphatic carbocycles. The second-order valence-electron chi connectivity index (χ2n) is 3.83. The molecule has 0 bridgehead atoms. The maximum Gasteiger partial charge on any atom is 0.0187 e. The molecule has 0 radical (unpaired) electrons. The number of hydrogen-bond donors (Lipinski definition) is 3. The Morgan fingerprint density at radius 1 is 0.812 bits per heavy atom. The summed E-state index contributed by atoms with van der Waals surface area (Å²) in [6.45, 7) is 1.50. The molecule has 0 saturated carbocycles. The van der Waals surface area contributed by atoms with Crippen molar-refractivity contribution in [2.24, 2.45) is 17.2 Å². The van der Waals surface area contributed by atoms with Crippen LogP contribution in [0.5, 0.6) is 0 Å². The molecule has 3 nitrogen and oxygen atoms in total. The monoisotopic (exact) mass is 215 g/mol. The Balaban J connectivity index is 2.82. The third-order valence-corrected chi connectivity index (χ3v) is 3.00. The topological polar surface area (TPSA) is 78.1 Å². The molecule has 2 aromatic carbocycles. The summed E-state index contributed by atoms with van der Waals surface area (Å²) in [5.74, 6) is 0. The van der Waals surface area contributed by atoms with E-state index in [9.17, 15) is 0 Å². The van der Waals surface area contributed by atoms with Crippen LogP contribution in [0.4, 0.5) is 0 Å². The average Bonchev–Trinajstić information content (AvgIpc) is 2.36. The molecule has 2 rings (SSSR count). The highest BCUT2D eigenvalue weighted by Crippen LogP contribution is 2.25. The summed E-state index contributed by atoms with van der Waals surface area (Å²) < 4.78 is 0. The van der Waals surface area contributed by atoms with Crippen molar-refractivity contribution in [3.8, 4) is 0 Å². The van der Waals surface area contributed by atoms with Crippen molar-refractivity contribution in [3.63, 3.8) is 0 Å². The first-order valence-electron chi connectivity index (χ1n) is 5.44. The van der Waals surface area contributed by atoms with Crippen LogP contribution in [0.15, 0.2) is 30.3 Å². The molecule has 0 aromatic heterocycles. The molecule has 0 amide bonds. The number of hydrogen-bond acceptors (Lipinski definition) is 3. The molecule has 0 atom stereocenters. The van der Waals surface area contributed by atoms with E-state index in [0.29, 0.717) is 19.6 Å². The molecular formula is C13H17N3. The fourth-order valence-corrected chi connectivity index (χ4v) is 2.20. The summed E-state index contributed by atoms with van der Waals surface area (Å²) >= 11 is 0. The molecule has 0 aliphatic heterocycles. The largest absolute Gasteiger partial charge is 0.326 e. The van der Waals surface area contributed by atoms with E-state index in [1.54, 1.807) is 0 Å². The smallest absolute Gasteiger partial charge is 0.0187 e. The molecule has 84 valence electrons. The highest BCUT2D eigenvalue weighted by atomic mass is 14.6. The van der Waals surface area contributed by atoms with Crippen LogP contribution >= 0.6 is 0 Å². The van der Waals surface area contributed by atoms with Gasteiger partial charge in [0, 0.05) is 19.6 Å². The van der Waals surface area contributed by atoms with Crippen molar-refractivity contribution in [1.82, 2.24) is 0 Å². The molecule has 16 heavy (non-hydrogen) atoms. The number of rotatable bonds is 3. The highest BCUT2D eigenvalue weighted by molar-refractivity contribution is 5.87. The SMILES string of the molecule is NCc1cc2ccccc2c(CN)c1CN. The lowest BCUT2D eigenvalue weighted by molar-refractivity contribution is 0.939. The third kappa shape index (κ3) is 1.69. The zero-order valence-corrected chi connectivity index (χ0v) is 9.24. The van der Waals surface area contributed by atoms with E-state index in [4.69, 9.17) is 17.2 Å². The maximum absolute atomic E-state index is 5.82. The molecule has 0 fully saturated rings. The summed E-state index contributed by atoms with van der Waals surface area (Å²) in [6.07, 6.45) is 0. The molecule has 0 spiro atoms. The van der Waals surface area contributed by atoms with Gasteiger partial charge >= 0.3 is 0 Å². The van der Waals surface area contributed by atoms with Crippen molar-refractivity contribution in [2.75, 3.05) is 0 Å². The summed E-state index contributed by atoms with van der Waals surface area (Å²) in [5.41, 5.74) is 20.7. The number of fused-ring (bicyclic) bond motifs is 1. The van der Waals surface area contributed by atoms with Gasteiger partial charge in [0.1, 0.15) is 0 Å². The standard InChI is InChI=1S/C13H17N3/c14-6-10-5-9-3-1-2-4-11(9)13(8-16)12(10)7-15/h1-5H,6-8,14-16H2. The lowest BCUT2D eigenvalue weighted by Crippen LogP contribution is -2.12. The van der Waals surface area contributed by atoms with E-state index in [0.717, 1.165) is 16.7 Å². The molecule has 0 saturated heterocycles. The Morgan fingerprint density at radius 3 is 2.12 bits per heavy atom. The first kappa shape index (κ1) is 11.1. The van der Waals surface area contributed by atoms with Crippen LogP contribution in [0.2, 0.25) is 0 Å². The first-order valence-corrected chi connectivity index (χ1v) is 5.44. The fourth-order valence-electron chi connectivity index (χ4n) is 2.20. The van der Waals surface area contributed by atoms with Crippen LogP contribution in [-0.4, -0.2) is 0 Å². The molecule has 6 N–H and O–H groups in total. The van der Waals surface area contributed by atoms with Crippen molar-refractivity contribution < 1.29 is 0 Å². The van der Waals surface area contributed by atoms with E-state index in [-0.39, 0.29) is 0 Å².